The maximum Gasteiger partial charge on any atom is 0.243 e. The summed E-state index contributed by atoms with van der Waals surface area (Å²) in [5, 5.41) is 9.05. The predicted octanol–water partition coefficient (Wildman–Crippen LogP) is 2.13. The van der Waals surface area contributed by atoms with Crippen molar-refractivity contribution in [2.45, 2.75) is 38.2 Å². The first-order chi connectivity index (χ1) is 9.26. The van der Waals surface area contributed by atoms with Gasteiger partial charge in [0.15, 0.2) is 0 Å². The Kier molecular flexibility index (Phi) is 4.18. The number of nitrogens with zero attached hydrogens (tertiary/aromatic N) is 1. The Hall–Kier alpha value is -0.980. The minimum absolute atomic E-state index is 0.00217. The third-order valence-electron chi connectivity index (χ3n) is 3.69. The SMILES string of the molecule is CC1(C)CCCN(S(=O)(=O)c2ccc(F)c(CO)c2)C1. The highest BCUT2D eigenvalue weighted by molar-refractivity contribution is 7.89. The van der Waals surface area contributed by atoms with Gasteiger partial charge in [-0.2, -0.15) is 4.31 Å². The number of rotatable bonds is 3. The molecular weight excluding hydrogens is 281 g/mol. The molecule has 112 valence electrons. The average Bonchev–Trinajstić information content (AvgIpc) is 2.37. The number of halogens is 1. The van der Waals surface area contributed by atoms with Crippen molar-refractivity contribution >= 4 is 10.0 Å². The van der Waals surface area contributed by atoms with Crippen LogP contribution < -0.4 is 0 Å². The van der Waals surface area contributed by atoms with Gasteiger partial charge in [-0.1, -0.05) is 13.8 Å². The van der Waals surface area contributed by atoms with Crippen LogP contribution in [0.25, 0.3) is 0 Å². The third-order valence-corrected chi connectivity index (χ3v) is 5.53. The van der Waals surface area contributed by atoms with E-state index in [0.717, 1.165) is 18.9 Å². The summed E-state index contributed by atoms with van der Waals surface area (Å²) in [7, 11) is -3.63. The van der Waals surface area contributed by atoms with Gasteiger partial charge in [0.2, 0.25) is 10.0 Å². The Bertz CT molecular complexity index is 598. The van der Waals surface area contributed by atoms with Crippen molar-refractivity contribution in [3.05, 3.63) is 29.6 Å². The standard InChI is InChI=1S/C14H20FNO3S/c1-14(2)6-3-7-16(10-14)20(18,19)12-4-5-13(15)11(8-12)9-17/h4-5,8,17H,3,6-7,9-10H2,1-2H3. The van der Waals surface area contributed by atoms with Gasteiger partial charge in [-0.15, -0.1) is 0 Å². The van der Waals surface area contributed by atoms with Gasteiger partial charge in [-0.3, -0.25) is 0 Å². The Morgan fingerprint density at radius 3 is 2.70 bits per heavy atom. The van der Waals surface area contributed by atoms with Crippen LogP contribution in [0.15, 0.2) is 23.1 Å². The molecule has 0 unspecified atom stereocenters. The van der Waals surface area contributed by atoms with Gasteiger partial charge in [-0.25, -0.2) is 12.8 Å². The van der Waals surface area contributed by atoms with E-state index in [-0.39, 0.29) is 15.9 Å². The largest absolute Gasteiger partial charge is 0.392 e. The summed E-state index contributed by atoms with van der Waals surface area (Å²) in [5.41, 5.74) is -0.0483. The van der Waals surface area contributed by atoms with E-state index in [1.54, 1.807) is 0 Å². The fourth-order valence-electron chi connectivity index (χ4n) is 2.56. The molecular formula is C14H20FNO3S. The van der Waals surface area contributed by atoms with E-state index < -0.39 is 22.4 Å². The van der Waals surface area contributed by atoms with Crippen LogP contribution in [0.1, 0.15) is 32.3 Å². The van der Waals surface area contributed by atoms with Crippen molar-refractivity contribution in [3.63, 3.8) is 0 Å². The van der Waals surface area contributed by atoms with Gasteiger partial charge >= 0.3 is 0 Å². The fourth-order valence-corrected chi connectivity index (χ4v) is 4.27. The number of aliphatic hydroxyl groups is 1. The summed E-state index contributed by atoms with van der Waals surface area (Å²) in [4.78, 5) is 0.0423. The molecule has 1 saturated heterocycles. The lowest BCUT2D eigenvalue weighted by Crippen LogP contribution is -2.43. The van der Waals surface area contributed by atoms with Crippen LogP contribution in [-0.4, -0.2) is 30.9 Å². The summed E-state index contributed by atoms with van der Waals surface area (Å²) in [6, 6.07) is 3.56. The van der Waals surface area contributed by atoms with Crippen LogP contribution in [0.2, 0.25) is 0 Å². The highest BCUT2D eigenvalue weighted by atomic mass is 32.2. The number of hydrogen-bond acceptors (Lipinski definition) is 3. The van der Waals surface area contributed by atoms with Gasteiger partial charge in [0, 0.05) is 18.7 Å². The summed E-state index contributed by atoms with van der Waals surface area (Å²) in [6.07, 6.45) is 1.81. The van der Waals surface area contributed by atoms with Crippen LogP contribution in [0.3, 0.4) is 0 Å². The van der Waals surface area contributed by atoms with Crippen molar-refractivity contribution in [2.75, 3.05) is 13.1 Å². The molecule has 0 bridgehead atoms. The molecule has 20 heavy (non-hydrogen) atoms. The molecule has 0 aliphatic carbocycles. The Morgan fingerprint density at radius 1 is 1.40 bits per heavy atom. The van der Waals surface area contributed by atoms with E-state index in [1.807, 2.05) is 13.8 Å². The molecule has 0 aromatic heterocycles. The van der Waals surface area contributed by atoms with Crippen LogP contribution in [0.5, 0.6) is 0 Å². The monoisotopic (exact) mass is 301 g/mol. The molecule has 1 aromatic rings. The van der Waals surface area contributed by atoms with E-state index in [2.05, 4.69) is 0 Å². The lowest BCUT2D eigenvalue weighted by atomic mass is 9.85. The lowest BCUT2D eigenvalue weighted by Gasteiger charge is -2.37. The van der Waals surface area contributed by atoms with Crippen molar-refractivity contribution in [3.8, 4) is 0 Å². The molecule has 0 amide bonds. The Labute approximate surface area is 119 Å². The first-order valence-corrected chi connectivity index (χ1v) is 8.10. The van der Waals surface area contributed by atoms with Crippen LogP contribution in [0.4, 0.5) is 4.39 Å². The molecule has 0 atom stereocenters. The zero-order chi connectivity index (χ0) is 15.0. The van der Waals surface area contributed by atoms with E-state index in [4.69, 9.17) is 5.11 Å². The minimum atomic E-state index is -3.63. The molecule has 1 aromatic carbocycles. The number of hydrogen-bond donors (Lipinski definition) is 1. The fraction of sp³-hybridized carbons (Fsp3) is 0.571. The van der Waals surface area contributed by atoms with Crippen molar-refractivity contribution in [2.24, 2.45) is 5.41 Å². The Morgan fingerprint density at radius 2 is 2.10 bits per heavy atom. The van der Waals surface area contributed by atoms with E-state index in [0.29, 0.717) is 13.1 Å². The first kappa shape index (κ1) is 15.4. The van der Waals surface area contributed by atoms with Crippen molar-refractivity contribution in [1.29, 1.82) is 0 Å². The highest BCUT2D eigenvalue weighted by Gasteiger charge is 2.34. The summed E-state index contributed by atoms with van der Waals surface area (Å²) < 4.78 is 40.0. The molecule has 4 nitrogen and oxygen atoms in total. The second-order valence-corrected chi connectivity index (χ2v) is 7.96. The summed E-state index contributed by atoms with van der Waals surface area (Å²) >= 11 is 0. The number of piperidine rings is 1. The number of sulfonamides is 1. The molecule has 0 spiro atoms. The topological polar surface area (TPSA) is 57.6 Å². The third kappa shape index (κ3) is 3.02. The maximum atomic E-state index is 13.4. The van der Waals surface area contributed by atoms with Crippen LogP contribution in [-0.2, 0) is 16.6 Å². The second kappa shape index (κ2) is 5.42. The Balaban J connectivity index is 2.35. The molecule has 1 aliphatic heterocycles. The molecule has 6 heteroatoms. The van der Waals surface area contributed by atoms with E-state index >= 15 is 0 Å². The highest BCUT2D eigenvalue weighted by Crippen LogP contribution is 2.32. The average molecular weight is 301 g/mol. The summed E-state index contributed by atoms with van der Waals surface area (Å²) in [5.74, 6) is -0.592. The van der Waals surface area contributed by atoms with Gasteiger partial charge in [-0.05, 0) is 36.5 Å². The molecule has 2 rings (SSSR count). The summed E-state index contributed by atoms with van der Waals surface area (Å²) in [6.45, 7) is 4.51. The van der Waals surface area contributed by atoms with E-state index in [1.165, 1.54) is 16.4 Å². The quantitative estimate of drug-likeness (QED) is 0.930. The smallest absolute Gasteiger partial charge is 0.243 e. The van der Waals surface area contributed by atoms with Gasteiger partial charge in [0.05, 0.1) is 11.5 Å². The number of benzene rings is 1. The van der Waals surface area contributed by atoms with Crippen LogP contribution in [0, 0.1) is 11.2 Å². The van der Waals surface area contributed by atoms with Crippen molar-refractivity contribution < 1.29 is 17.9 Å². The molecule has 1 aliphatic rings. The number of aliphatic hydroxyl groups excluding tert-OH is 1. The van der Waals surface area contributed by atoms with Gasteiger partial charge < -0.3 is 5.11 Å². The van der Waals surface area contributed by atoms with Gasteiger partial charge in [0.25, 0.3) is 0 Å². The zero-order valence-corrected chi connectivity index (χ0v) is 12.6. The van der Waals surface area contributed by atoms with Crippen LogP contribution >= 0.6 is 0 Å². The lowest BCUT2D eigenvalue weighted by molar-refractivity contribution is 0.187. The van der Waals surface area contributed by atoms with E-state index in [9.17, 15) is 12.8 Å². The molecule has 0 saturated carbocycles. The molecule has 1 heterocycles. The maximum absolute atomic E-state index is 13.4. The predicted molar refractivity (Wildman–Crippen MR) is 74.1 cm³/mol. The van der Waals surface area contributed by atoms with Gasteiger partial charge in [0.1, 0.15) is 5.82 Å². The first-order valence-electron chi connectivity index (χ1n) is 6.66. The molecule has 1 N–H and O–H groups in total. The normalized spacial score (nSPS) is 20.0. The second-order valence-electron chi connectivity index (χ2n) is 6.02. The molecule has 1 fully saturated rings. The minimum Gasteiger partial charge on any atom is -0.392 e. The zero-order valence-electron chi connectivity index (χ0n) is 11.8. The molecule has 0 radical (unpaired) electrons. The van der Waals surface area contributed by atoms with Crippen molar-refractivity contribution in [1.82, 2.24) is 4.31 Å².